The maximum Gasteiger partial charge on any atom is 0.273 e. The number of ether oxygens (including phenoxy) is 3. The number of hydrogen-bond donors (Lipinski definition) is 2. The fourth-order valence-electron chi connectivity index (χ4n) is 10.5. The SMILES string of the molecule is C=CCOC12Oc3ccc(Oc4cccc([N+](=O)[O-])c4)cc3C3C(CCCCO)C(CCCCO)C=C(C(=NOCc4ccc([N+](=O)[O-])cc4)CC1N(CCC)C(=O)c1ccc4ccccc4c1)C32. The zero-order chi connectivity index (χ0) is 48.5. The molecule has 0 radical (unpaired) electrons. The third-order valence-electron chi connectivity index (χ3n) is 13.6. The second-order valence-electron chi connectivity index (χ2n) is 17.9. The van der Waals surface area contributed by atoms with Crippen molar-refractivity contribution in [3.8, 4) is 17.2 Å². The predicted octanol–water partition coefficient (Wildman–Crippen LogP) is 10.8. The zero-order valence-electron chi connectivity index (χ0n) is 38.7. The van der Waals surface area contributed by atoms with Crippen LogP contribution in [0.25, 0.3) is 10.8 Å². The molecular weight excluding hydrogens is 881 g/mol. The second kappa shape index (κ2) is 22.0. The van der Waals surface area contributed by atoms with Crippen LogP contribution in [0.2, 0.25) is 0 Å². The number of unbranched alkanes of at least 4 members (excludes halogenated alkanes) is 2. The Labute approximate surface area is 400 Å². The Bertz CT molecular complexity index is 2720. The van der Waals surface area contributed by atoms with Gasteiger partial charge in [0.15, 0.2) is 0 Å². The maximum atomic E-state index is 15.3. The molecular formula is C54H58N4O11. The summed E-state index contributed by atoms with van der Waals surface area (Å²) in [5.74, 6) is -1.53. The van der Waals surface area contributed by atoms with Gasteiger partial charge >= 0.3 is 0 Å². The van der Waals surface area contributed by atoms with Gasteiger partial charge in [0.25, 0.3) is 17.3 Å². The number of nitro benzene ring substituents is 2. The molecule has 1 saturated carbocycles. The third kappa shape index (κ3) is 10.4. The molecule has 0 bridgehead atoms. The molecule has 1 aliphatic heterocycles. The first-order chi connectivity index (χ1) is 33.6. The molecule has 15 heteroatoms. The molecule has 6 unspecified atom stereocenters. The lowest BCUT2D eigenvalue weighted by Gasteiger charge is -2.60. The Balaban J connectivity index is 1.33. The smallest absolute Gasteiger partial charge is 0.273 e. The van der Waals surface area contributed by atoms with E-state index in [9.17, 15) is 30.4 Å². The van der Waals surface area contributed by atoms with Gasteiger partial charge in [-0.15, -0.1) is 6.58 Å². The van der Waals surface area contributed by atoms with Gasteiger partial charge in [0, 0.05) is 61.4 Å². The van der Waals surface area contributed by atoms with Gasteiger partial charge in [-0.1, -0.05) is 73.5 Å². The van der Waals surface area contributed by atoms with Crippen molar-refractivity contribution in [2.45, 2.75) is 82.6 Å². The molecule has 1 fully saturated rings. The van der Waals surface area contributed by atoms with Gasteiger partial charge in [0.05, 0.1) is 34.1 Å². The van der Waals surface area contributed by atoms with Crippen molar-refractivity contribution in [1.29, 1.82) is 0 Å². The Kier molecular flexibility index (Phi) is 15.5. The van der Waals surface area contributed by atoms with Crippen LogP contribution in [-0.4, -0.2) is 74.8 Å². The molecule has 2 aliphatic carbocycles. The van der Waals surface area contributed by atoms with Crippen molar-refractivity contribution in [3.05, 3.63) is 170 Å². The third-order valence-corrected chi connectivity index (χ3v) is 13.6. The Morgan fingerprint density at radius 1 is 0.870 bits per heavy atom. The summed E-state index contributed by atoms with van der Waals surface area (Å²) in [6.07, 6.45) is 8.81. The number of nitro groups is 2. The van der Waals surface area contributed by atoms with Gasteiger partial charge < -0.3 is 34.2 Å². The summed E-state index contributed by atoms with van der Waals surface area (Å²) in [6, 6.07) is 30.5. The molecule has 1 heterocycles. The molecule has 5 aromatic carbocycles. The van der Waals surface area contributed by atoms with Crippen LogP contribution in [0, 0.1) is 38.0 Å². The molecule has 8 rings (SSSR count). The van der Waals surface area contributed by atoms with Gasteiger partial charge in [-0.2, -0.15) is 0 Å². The van der Waals surface area contributed by atoms with Crippen molar-refractivity contribution in [2.75, 3.05) is 26.4 Å². The van der Waals surface area contributed by atoms with Crippen molar-refractivity contribution in [3.63, 3.8) is 0 Å². The summed E-state index contributed by atoms with van der Waals surface area (Å²) in [4.78, 5) is 45.6. The molecule has 2 N–H and O–H groups in total. The standard InChI is InChI=1S/C54H58N4O11/c1-3-26-56(53(61)40-21-20-37-12-5-6-13-38(37)30-40)50-34-48(55-67-35-36-18-22-41(23-19-36)57(62)63)46-31-39(14-7-9-27-59)45(17-8-10-28-60)51-47-33-44(68-43-16-11-15-42(32-43)58(64)65)24-25-49(47)69-54(50,52(46)51)66-29-4-2/h4-6,11-13,15-16,18-25,30-33,39,45,50-52,59-60H,2-3,7-10,14,17,26-29,34-35H2,1H3. The van der Waals surface area contributed by atoms with Crippen LogP contribution in [-0.2, 0) is 16.2 Å². The van der Waals surface area contributed by atoms with Gasteiger partial charge in [-0.3, -0.25) is 25.0 Å². The summed E-state index contributed by atoms with van der Waals surface area (Å²) in [5, 5.41) is 50.0. The lowest BCUT2D eigenvalue weighted by Crippen LogP contribution is -2.70. The lowest BCUT2D eigenvalue weighted by molar-refractivity contribution is -0.385. The number of oxime groups is 1. The number of aliphatic hydroxyl groups excluding tert-OH is 2. The van der Waals surface area contributed by atoms with Crippen LogP contribution in [0.5, 0.6) is 17.2 Å². The highest BCUT2D eigenvalue weighted by molar-refractivity contribution is 6.04. The van der Waals surface area contributed by atoms with E-state index < -0.39 is 27.6 Å². The van der Waals surface area contributed by atoms with Crippen LogP contribution in [0.4, 0.5) is 11.4 Å². The number of amides is 1. The van der Waals surface area contributed by atoms with Crippen molar-refractivity contribution in [2.24, 2.45) is 22.9 Å². The Morgan fingerprint density at radius 3 is 2.33 bits per heavy atom. The Hall–Kier alpha value is -6.94. The van der Waals surface area contributed by atoms with Crippen molar-refractivity contribution < 1.29 is 43.9 Å². The lowest BCUT2D eigenvalue weighted by atomic mass is 9.55. The molecule has 3 aliphatic rings. The van der Waals surface area contributed by atoms with Gasteiger partial charge in [0.2, 0.25) is 5.79 Å². The van der Waals surface area contributed by atoms with Crippen LogP contribution in [0.15, 0.2) is 139 Å². The molecule has 1 amide bonds. The van der Waals surface area contributed by atoms with Gasteiger partial charge in [-0.05, 0) is 114 Å². The van der Waals surface area contributed by atoms with E-state index in [1.165, 1.54) is 24.3 Å². The number of benzene rings is 5. The highest BCUT2D eigenvalue weighted by atomic mass is 16.7. The van der Waals surface area contributed by atoms with E-state index in [2.05, 4.69) is 12.7 Å². The number of nitrogens with zero attached hydrogens (tertiary/aromatic N) is 4. The second-order valence-corrected chi connectivity index (χ2v) is 17.9. The fraction of sp³-hybridized carbons (Fsp3) is 0.370. The van der Waals surface area contributed by atoms with E-state index in [-0.39, 0.29) is 73.6 Å². The number of allylic oxidation sites excluding steroid dienone is 1. The largest absolute Gasteiger partial charge is 0.459 e. The summed E-state index contributed by atoms with van der Waals surface area (Å²) >= 11 is 0. The topological polar surface area (TPSA) is 196 Å². The van der Waals surface area contributed by atoms with Gasteiger partial charge in [-0.25, -0.2) is 0 Å². The summed E-state index contributed by atoms with van der Waals surface area (Å²) < 4.78 is 20.9. The van der Waals surface area contributed by atoms with Crippen molar-refractivity contribution >= 4 is 33.8 Å². The normalized spacial score (nSPS) is 21.9. The number of hydrogen-bond acceptors (Lipinski definition) is 12. The van der Waals surface area contributed by atoms with Crippen LogP contribution in [0.3, 0.4) is 0 Å². The summed E-state index contributed by atoms with van der Waals surface area (Å²) in [7, 11) is 0. The molecule has 0 aromatic heterocycles. The number of carbonyl (C=O) groups is 1. The minimum atomic E-state index is -1.51. The number of non-ortho nitro benzene ring substituents is 2. The summed E-state index contributed by atoms with van der Waals surface area (Å²) in [6.45, 7) is 6.57. The minimum absolute atomic E-state index is 0.0156. The predicted molar refractivity (Wildman–Crippen MR) is 261 cm³/mol. The minimum Gasteiger partial charge on any atom is -0.459 e. The molecule has 0 saturated heterocycles. The maximum absolute atomic E-state index is 15.3. The fourth-order valence-corrected chi connectivity index (χ4v) is 10.5. The van der Waals surface area contributed by atoms with Crippen LogP contribution < -0.4 is 9.47 Å². The highest BCUT2D eigenvalue weighted by Crippen LogP contribution is 2.62. The quantitative estimate of drug-likeness (QED) is 0.0290. The van der Waals surface area contributed by atoms with Crippen molar-refractivity contribution in [1.82, 2.24) is 4.90 Å². The first kappa shape index (κ1) is 48.5. The Morgan fingerprint density at radius 2 is 1.61 bits per heavy atom. The zero-order valence-corrected chi connectivity index (χ0v) is 38.7. The van der Waals surface area contributed by atoms with Crippen LogP contribution >= 0.6 is 0 Å². The summed E-state index contributed by atoms with van der Waals surface area (Å²) in [5.41, 5.74) is 3.27. The van der Waals surface area contributed by atoms with Crippen LogP contribution in [0.1, 0.15) is 85.7 Å². The number of fused-ring (bicyclic) bond motifs is 3. The van der Waals surface area contributed by atoms with E-state index in [0.717, 1.165) is 41.2 Å². The molecule has 5 aromatic rings. The molecule has 15 nitrogen and oxygen atoms in total. The average Bonchev–Trinajstić information content (AvgIpc) is 3.36. The molecule has 6 atom stereocenters. The molecule has 0 spiro atoms. The van der Waals surface area contributed by atoms with E-state index in [1.807, 2.05) is 66.4 Å². The molecule has 360 valence electrons. The first-order valence-corrected chi connectivity index (χ1v) is 23.7. The van der Waals surface area contributed by atoms with E-state index in [0.29, 0.717) is 60.6 Å². The number of aliphatic hydroxyl groups is 2. The number of rotatable bonds is 22. The van der Waals surface area contributed by atoms with E-state index >= 15 is 4.79 Å². The van der Waals surface area contributed by atoms with E-state index in [4.69, 9.17) is 24.2 Å². The average molecular weight is 939 g/mol. The number of carbonyl (C=O) groups excluding carboxylic acids is 1. The highest BCUT2D eigenvalue weighted by Gasteiger charge is 2.65. The van der Waals surface area contributed by atoms with Gasteiger partial charge in [0.1, 0.15) is 29.9 Å². The first-order valence-electron chi connectivity index (χ1n) is 23.7. The van der Waals surface area contributed by atoms with E-state index in [1.54, 1.807) is 36.4 Å². The molecule has 69 heavy (non-hydrogen) atoms. The monoisotopic (exact) mass is 938 g/mol.